The number of benzene rings is 3. The summed E-state index contributed by atoms with van der Waals surface area (Å²) in [4.78, 5) is 29.0. The number of nitrogens with one attached hydrogen (secondary N) is 1. The van der Waals surface area contributed by atoms with Gasteiger partial charge in [-0.3, -0.25) is 14.2 Å². The Balaban J connectivity index is 1.53. The van der Waals surface area contributed by atoms with Crippen molar-refractivity contribution in [2.75, 3.05) is 5.32 Å². The van der Waals surface area contributed by atoms with Crippen LogP contribution in [0.5, 0.6) is 0 Å². The molecule has 1 heterocycles. The van der Waals surface area contributed by atoms with Gasteiger partial charge in [0, 0.05) is 22.7 Å². The van der Waals surface area contributed by atoms with E-state index in [-0.39, 0.29) is 23.8 Å². The van der Waals surface area contributed by atoms with E-state index in [2.05, 4.69) is 10.3 Å². The van der Waals surface area contributed by atoms with Crippen molar-refractivity contribution in [3.05, 3.63) is 95.3 Å². The summed E-state index contributed by atoms with van der Waals surface area (Å²) in [6, 6.07) is 20.4. The van der Waals surface area contributed by atoms with Gasteiger partial charge >= 0.3 is 0 Å². The summed E-state index contributed by atoms with van der Waals surface area (Å²) in [6.45, 7) is -0.154. The first-order chi connectivity index (χ1) is 13.6. The zero-order valence-electron chi connectivity index (χ0n) is 14.8. The lowest BCUT2D eigenvalue weighted by atomic mass is 10.1. The molecule has 28 heavy (non-hydrogen) atoms. The number of fused-ring (bicyclic) bond motifs is 1. The average molecular weight is 373 g/mol. The fourth-order valence-corrected chi connectivity index (χ4v) is 3.00. The Kier molecular flexibility index (Phi) is 4.68. The molecule has 5 nitrogen and oxygen atoms in total. The molecule has 1 aromatic heterocycles. The van der Waals surface area contributed by atoms with Crippen LogP contribution in [0.2, 0.25) is 0 Å². The van der Waals surface area contributed by atoms with E-state index in [0.717, 1.165) is 10.8 Å². The summed E-state index contributed by atoms with van der Waals surface area (Å²) >= 11 is 0. The van der Waals surface area contributed by atoms with Crippen LogP contribution in [0.15, 0.2) is 83.9 Å². The third kappa shape index (κ3) is 3.66. The Hall–Kier alpha value is -3.80. The van der Waals surface area contributed by atoms with Gasteiger partial charge in [0.2, 0.25) is 5.91 Å². The molecule has 138 valence electrons. The molecule has 0 aliphatic heterocycles. The third-order valence-corrected chi connectivity index (χ3v) is 4.40. The normalized spacial score (nSPS) is 10.8. The molecule has 0 bridgehead atoms. The molecule has 0 fully saturated rings. The van der Waals surface area contributed by atoms with Crippen molar-refractivity contribution in [3.63, 3.8) is 0 Å². The molecule has 0 saturated carbocycles. The number of amides is 1. The molecule has 3 aromatic carbocycles. The molecule has 0 unspecified atom stereocenters. The van der Waals surface area contributed by atoms with Crippen molar-refractivity contribution in [2.45, 2.75) is 6.54 Å². The van der Waals surface area contributed by atoms with Gasteiger partial charge in [0.1, 0.15) is 12.4 Å². The standard InChI is InChI=1S/C22H16FN3O2/c23-17-10-8-16(9-11-17)20-12-22(28)26(14-24-20)13-21(27)25-19-7-3-5-15-4-1-2-6-18(15)19/h1-12,14H,13H2,(H,25,27). The predicted octanol–water partition coefficient (Wildman–Crippen LogP) is 3.84. The molecule has 6 heteroatoms. The molecular weight excluding hydrogens is 357 g/mol. The summed E-state index contributed by atoms with van der Waals surface area (Å²) in [5.74, 6) is -0.683. The second-order valence-electron chi connectivity index (χ2n) is 6.32. The van der Waals surface area contributed by atoms with Gasteiger partial charge in [0.15, 0.2) is 0 Å². The molecule has 0 spiro atoms. The zero-order valence-corrected chi connectivity index (χ0v) is 14.8. The maximum Gasteiger partial charge on any atom is 0.254 e. The molecule has 1 amide bonds. The molecule has 0 aliphatic rings. The Labute approximate surface area is 160 Å². The van der Waals surface area contributed by atoms with E-state index in [0.29, 0.717) is 16.9 Å². The highest BCUT2D eigenvalue weighted by atomic mass is 19.1. The number of halogens is 1. The van der Waals surface area contributed by atoms with Gasteiger partial charge in [-0.15, -0.1) is 0 Å². The predicted molar refractivity (Wildman–Crippen MR) is 106 cm³/mol. The number of hydrogen-bond acceptors (Lipinski definition) is 3. The minimum Gasteiger partial charge on any atom is -0.324 e. The van der Waals surface area contributed by atoms with Crippen molar-refractivity contribution < 1.29 is 9.18 Å². The second kappa shape index (κ2) is 7.44. The first-order valence-electron chi connectivity index (χ1n) is 8.70. The Morgan fingerprint density at radius 2 is 1.75 bits per heavy atom. The molecule has 1 N–H and O–H groups in total. The SMILES string of the molecule is O=C(Cn1cnc(-c2ccc(F)cc2)cc1=O)Nc1cccc2ccccc12. The Morgan fingerprint density at radius 1 is 1.00 bits per heavy atom. The highest BCUT2D eigenvalue weighted by molar-refractivity contribution is 6.02. The Bertz CT molecular complexity index is 1210. The van der Waals surface area contributed by atoms with E-state index in [1.165, 1.54) is 29.1 Å². The number of nitrogens with zero attached hydrogens (tertiary/aromatic N) is 2. The molecule has 0 radical (unpaired) electrons. The van der Waals surface area contributed by atoms with Crippen LogP contribution in [0.1, 0.15) is 0 Å². The number of rotatable bonds is 4. The monoisotopic (exact) mass is 373 g/mol. The molecule has 0 saturated heterocycles. The molecule has 0 atom stereocenters. The maximum atomic E-state index is 13.0. The van der Waals surface area contributed by atoms with Gasteiger partial charge in [-0.1, -0.05) is 36.4 Å². The minimum atomic E-state index is -0.359. The van der Waals surface area contributed by atoms with E-state index < -0.39 is 0 Å². The third-order valence-electron chi connectivity index (χ3n) is 4.40. The zero-order chi connectivity index (χ0) is 19.5. The summed E-state index contributed by atoms with van der Waals surface area (Å²) < 4.78 is 14.3. The van der Waals surface area contributed by atoms with Crippen LogP contribution in [0, 0.1) is 5.82 Å². The van der Waals surface area contributed by atoms with E-state index in [9.17, 15) is 14.0 Å². The quantitative estimate of drug-likeness (QED) is 0.591. The number of carbonyl (C=O) groups excluding carboxylic acids is 1. The van der Waals surface area contributed by atoms with E-state index >= 15 is 0 Å². The lowest BCUT2D eigenvalue weighted by Gasteiger charge is -2.10. The largest absolute Gasteiger partial charge is 0.324 e. The van der Waals surface area contributed by atoms with Crippen LogP contribution in [-0.4, -0.2) is 15.5 Å². The van der Waals surface area contributed by atoms with E-state index in [1.54, 1.807) is 12.1 Å². The number of carbonyl (C=O) groups is 1. The number of aromatic nitrogens is 2. The first kappa shape index (κ1) is 17.6. The average Bonchev–Trinajstić information content (AvgIpc) is 2.70. The lowest BCUT2D eigenvalue weighted by molar-refractivity contribution is -0.116. The Morgan fingerprint density at radius 3 is 2.54 bits per heavy atom. The molecule has 4 rings (SSSR count). The van der Waals surface area contributed by atoms with Crippen molar-refractivity contribution in [1.82, 2.24) is 9.55 Å². The highest BCUT2D eigenvalue weighted by Gasteiger charge is 2.09. The van der Waals surface area contributed by atoms with Gasteiger partial charge in [-0.25, -0.2) is 9.37 Å². The van der Waals surface area contributed by atoms with Gasteiger partial charge in [0.05, 0.1) is 12.0 Å². The molecule has 4 aromatic rings. The summed E-state index contributed by atoms with van der Waals surface area (Å²) in [7, 11) is 0. The van der Waals surface area contributed by atoms with E-state index in [1.807, 2.05) is 42.5 Å². The van der Waals surface area contributed by atoms with Crippen molar-refractivity contribution in [2.24, 2.45) is 0 Å². The summed E-state index contributed by atoms with van der Waals surface area (Å²) in [5.41, 5.74) is 1.39. The smallest absolute Gasteiger partial charge is 0.254 e. The van der Waals surface area contributed by atoms with Gasteiger partial charge in [0.25, 0.3) is 5.56 Å². The fraction of sp³-hybridized carbons (Fsp3) is 0.0455. The second-order valence-corrected chi connectivity index (χ2v) is 6.32. The summed E-state index contributed by atoms with van der Waals surface area (Å²) in [6.07, 6.45) is 1.32. The lowest BCUT2D eigenvalue weighted by Crippen LogP contribution is -2.27. The molecule has 0 aliphatic carbocycles. The minimum absolute atomic E-state index is 0.154. The van der Waals surface area contributed by atoms with Crippen LogP contribution in [0.25, 0.3) is 22.0 Å². The highest BCUT2D eigenvalue weighted by Crippen LogP contribution is 2.22. The van der Waals surface area contributed by atoms with Gasteiger partial charge < -0.3 is 5.32 Å². The van der Waals surface area contributed by atoms with Crippen LogP contribution in [0.4, 0.5) is 10.1 Å². The fourth-order valence-electron chi connectivity index (χ4n) is 3.00. The maximum absolute atomic E-state index is 13.0. The van der Waals surface area contributed by atoms with Gasteiger partial charge in [-0.05, 0) is 35.7 Å². The van der Waals surface area contributed by atoms with Crippen molar-refractivity contribution >= 4 is 22.4 Å². The number of hydrogen-bond donors (Lipinski definition) is 1. The number of anilines is 1. The van der Waals surface area contributed by atoms with Crippen LogP contribution >= 0.6 is 0 Å². The van der Waals surface area contributed by atoms with Crippen molar-refractivity contribution in [1.29, 1.82) is 0 Å². The first-order valence-corrected chi connectivity index (χ1v) is 8.70. The summed E-state index contributed by atoms with van der Waals surface area (Å²) in [5, 5.41) is 4.79. The van der Waals surface area contributed by atoms with Crippen LogP contribution < -0.4 is 10.9 Å². The molecular formula is C22H16FN3O2. The van der Waals surface area contributed by atoms with Crippen molar-refractivity contribution in [3.8, 4) is 11.3 Å². The topological polar surface area (TPSA) is 64.0 Å². The van der Waals surface area contributed by atoms with E-state index in [4.69, 9.17) is 0 Å². The van der Waals surface area contributed by atoms with Gasteiger partial charge in [-0.2, -0.15) is 0 Å². The van der Waals surface area contributed by atoms with Crippen LogP contribution in [-0.2, 0) is 11.3 Å². The van der Waals surface area contributed by atoms with Crippen LogP contribution in [0.3, 0.4) is 0 Å².